The number of nitrogens with one attached hydrogen (secondary N) is 1. The Morgan fingerprint density at radius 1 is 1.47 bits per heavy atom. The first-order valence-electron chi connectivity index (χ1n) is 6.07. The summed E-state index contributed by atoms with van der Waals surface area (Å²) in [6.45, 7) is 7.90. The molecule has 0 aliphatic heterocycles. The van der Waals surface area contributed by atoms with E-state index in [2.05, 4.69) is 25.2 Å². The molecule has 0 aliphatic carbocycles. The summed E-state index contributed by atoms with van der Waals surface area (Å²) in [4.78, 5) is 11.9. The number of carbonyl (C=O) groups is 1. The lowest BCUT2D eigenvalue weighted by Gasteiger charge is -2.21. The summed E-state index contributed by atoms with van der Waals surface area (Å²) in [5, 5.41) is 2.86. The van der Waals surface area contributed by atoms with Gasteiger partial charge in [0.2, 0.25) is 5.91 Å². The monoisotopic (exact) mass is 234 g/mol. The van der Waals surface area contributed by atoms with Crippen molar-refractivity contribution < 1.29 is 4.79 Å². The van der Waals surface area contributed by atoms with Crippen molar-refractivity contribution >= 4 is 11.6 Å². The van der Waals surface area contributed by atoms with Crippen molar-refractivity contribution in [2.45, 2.75) is 45.6 Å². The lowest BCUT2D eigenvalue weighted by molar-refractivity contribution is -0.120. The predicted molar refractivity (Wildman–Crippen MR) is 72.0 cm³/mol. The average molecular weight is 234 g/mol. The van der Waals surface area contributed by atoms with Gasteiger partial charge < -0.3 is 11.1 Å². The van der Waals surface area contributed by atoms with Crippen molar-refractivity contribution in [3.05, 3.63) is 29.8 Å². The minimum Gasteiger partial charge on any atom is -0.324 e. The first-order chi connectivity index (χ1) is 7.86. The van der Waals surface area contributed by atoms with Crippen LogP contribution in [0.15, 0.2) is 24.3 Å². The Balaban J connectivity index is 2.82. The minimum atomic E-state index is -0.812. The topological polar surface area (TPSA) is 55.1 Å². The Labute approximate surface area is 103 Å². The molecule has 1 aromatic carbocycles. The Morgan fingerprint density at radius 3 is 2.65 bits per heavy atom. The summed E-state index contributed by atoms with van der Waals surface area (Å²) >= 11 is 0. The molecular formula is C14H22N2O. The van der Waals surface area contributed by atoms with Crippen LogP contribution in [0.1, 0.15) is 45.6 Å². The quantitative estimate of drug-likeness (QED) is 0.841. The van der Waals surface area contributed by atoms with E-state index in [0.29, 0.717) is 12.3 Å². The van der Waals surface area contributed by atoms with Gasteiger partial charge in [-0.3, -0.25) is 4.79 Å². The van der Waals surface area contributed by atoms with E-state index >= 15 is 0 Å². The van der Waals surface area contributed by atoms with Crippen molar-refractivity contribution in [3.8, 4) is 0 Å². The van der Waals surface area contributed by atoms with E-state index in [1.807, 2.05) is 25.1 Å². The number of hydrogen-bond donors (Lipinski definition) is 2. The van der Waals surface area contributed by atoms with E-state index in [0.717, 1.165) is 5.69 Å². The largest absolute Gasteiger partial charge is 0.324 e. The van der Waals surface area contributed by atoms with Gasteiger partial charge in [0.05, 0.1) is 5.54 Å². The highest BCUT2D eigenvalue weighted by Crippen LogP contribution is 2.19. The highest BCUT2D eigenvalue weighted by atomic mass is 16.2. The Hall–Kier alpha value is -1.35. The molecule has 3 nitrogen and oxygen atoms in total. The van der Waals surface area contributed by atoms with E-state index in [9.17, 15) is 4.79 Å². The molecule has 1 unspecified atom stereocenters. The summed E-state index contributed by atoms with van der Waals surface area (Å²) in [7, 11) is 0. The highest BCUT2D eigenvalue weighted by molar-refractivity contribution is 5.97. The van der Waals surface area contributed by atoms with Gasteiger partial charge in [-0.2, -0.15) is 0 Å². The van der Waals surface area contributed by atoms with Gasteiger partial charge in [-0.15, -0.1) is 0 Å². The average Bonchev–Trinajstić information content (AvgIpc) is 2.29. The van der Waals surface area contributed by atoms with Gasteiger partial charge in [-0.1, -0.05) is 32.9 Å². The molecule has 94 valence electrons. The zero-order valence-corrected chi connectivity index (χ0v) is 11.1. The fraction of sp³-hybridized carbons (Fsp3) is 0.500. The molecule has 17 heavy (non-hydrogen) atoms. The first kappa shape index (κ1) is 13.7. The lowest BCUT2D eigenvalue weighted by atomic mass is 9.99. The van der Waals surface area contributed by atoms with Crippen molar-refractivity contribution in [1.29, 1.82) is 0 Å². The molecule has 1 amide bonds. The molecule has 0 aliphatic rings. The predicted octanol–water partition coefficient (Wildman–Crippen LogP) is 2.88. The van der Waals surface area contributed by atoms with Crippen molar-refractivity contribution in [3.63, 3.8) is 0 Å². The second-order valence-corrected chi connectivity index (χ2v) is 5.01. The minimum absolute atomic E-state index is 0.138. The molecule has 1 atom stereocenters. The number of amides is 1. The SMILES string of the molecule is CCC(C)(N)C(=O)Nc1cccc(C(C)C)c1. The third-order valence-corrected chi connectivity index (χ3v) is 3.06. The summed E-state index contributed by atoms with van der Waals surface area (Å²) in [5.41, 5.74) is 7.10. The molecule has 0 aromatic heterocycles. The van der Waals surface area contributed by atoms with E-state index in [-0.39, 0.29) is 5.91 Å². The number of hydrogen-bond acceptors (Lipinski definition) is 2. The van der Waals surface area contributed by atoms with Crippen LogP contribution in [0.25, 0.3) is 0 Å². The number of nitrogens with two attached hydrogens (primary N) is 1. The molecule has 0 saturated heterocycles. The maximum Gasteiger partial charge on any atom is 0.244 e. The maximum atomic E-state index is 11.9. The molecule has 3 heteroatoms. The van der Waals surface area contributed by atoms with Crippen LogP contribution in [0, 0.1) is 0 Å². The second-order valence-electron chi connectivity index (χ2n) is 5.01. The summed E-state index contributed by atoms with van der Waals surface area (Å²) in [5.74, 6) is 0.309. The van der Waals surface area contributed by atoms with Gasteiger partial charge in [0, 0.05) is 5.69 Å². The van der Waals surface area contributed by atoms with Gasteiger partial charge >= 0.3 is 0 Å². The normalized spacial score (nSPS) is 14.5. The van der Waals surface area contributed by atoms with Crippen LogP contribution >= 0.6 is 0 Å². The van der Waals surface area contributed by atoms with Crippen molar-refractivity contribution in [2.24, 2.45) is 5.73 Å². The van der Waals surface area contributed by atoms with Gasteiger partial charge in [-0.25, -0.2) is 0 Å². The lowest BCUT2D eigenvalue weighted by Crippen LogP contribution is -2.47. The van der Waals surface area contributed by atoms with Crippen molar-refractivity contribution in [2.75, 3.05) is 5.32 Å². The molecular weight excluding hydrogens is 212 g/mol. The molecule has 0 radical (unpaired) electrons. The van der Waals surface area contributed by atoms with Crippen LogP contribution in [-0.2, 0) is 4.79 Å². The number of anilines is 1. The van der Waals surface area contributed by atoms with Gasteiger partial charge in [-0.05, 0) is 37.0 Å². The Bertz CT molecular complexity index is 397. The Morgan fingerprint density at radius 2 is 2.12 bits per heavy atom. The van der Waals surface area contributed by atoms with Crippen molar-refractivity contribution in [1.82, 2.24) is 0 Å². The first-order valence-corrected chi connectivity index (χ1v) is 6.07. The van der Waals surface area contributed by atoms with Crippen LogP contribution < -0.4 is 11.1 Å². The summed E-state index contributed by atoms with van der Waals surface area (Å²) in [6, 6.07) is 7.89. The van der Waals surface area contributed by atoms with Crippen LogP contribution in [0.2, 0.25) is 0 Å². The molecule has 0 bridgehead atoms. The zero-order valence-electron chi connectivity index (χ0n) is 11.1. The third kappa shape index (κ3) is 3.56. The number of benzene rings is 1. The molecule has 0 fully saturated rings. The molecule has 1 aromatic rings. The van der Waals surface area contributed by atoms with E-state index < -0.39 is 5.54 Å². The van der Waals surface area contributed by atoms with Crippen LogP contribution in [0.3, 0.4) is 0 Å². The van der Waals surface area contributed by atoms with Gasteiger partial charge in [0.25, 0.3) is 0 Å². The standard InChI is InChI=1S/C14H22N2O/c1-5-14(4,15)13(17)16-12-8-6-7-11(9-12)10(2)3/h6-10H,5,15H2,1-4H3,(H,16,17). The molecule has 0 saturated carbocycles. The fourth-order valence-corrected chi connectivity index (χ4v) is 1.41. The van der Waals surface area contributed by atoms with Crippen LogP contribution in [0.5, 0.6) is 0 Å². The smallest absolute Gasteiger partial charge is 0.244 e. The molecule has 3 N–H and O–H groups in total. The molecule has 0 heterocycles. The summed E-state index contributed by atoms with van der Waals surface area (Å²) in [6.07, 6.45) is 0.614. The van der Waals surface area contributed by atoms with Crippen LogP contribution in [0.4, 0.5) is 5.69 Å². The zero-order chi connectivity index (χ0) is 13.1. The van der Waals surface area contributed by atoms with E-state index in [1.54, 1.807) is 6.92 Å². The Kier molecular flexibility index (Phi) is 4.29. The third-order valence-electron chi connectivity index (χ3n) is 3.06. The highest BCUT2D eigenvalue weighted by Gasteiger charge is 2.25. The number of carbonyl (C=O) groups excluding carboxylic acids is 1. The fourth-order valence-electron chi connectivity index (χ4n) is 1.41. The molecule has 0 spiro atoms. The van der Waals surface area contributed by atoms with Crippen LogP contribution in [-0.4, -0.2) is 11.4 Å². The van der Waals surface area contributed by atoms with E-state index in [4.69, 9.17) is 5.73 Å². The summed E-state index contributed by atoms with van der Waals surface area (Å²) < 4.78 is 0. The van der Waals surface area contributed by atoms with E-state index in [1.165, 1.54) is 5.56 Å². The second kappa shape index (κ2) is 5.32. The van der Waals surface area contributed by atoms with Gasteiger partial charge in [0.15, 0.2) is 0 Å². The molecule has 1 rings (SSSR count). The maximum absolute atomic E-state index is 11.9. The number of rotatable bonds is 4. The van der Waals surface area contributed by atoms with Gasteiger partial charge in [0.1, 0.15) is 0 Å².